The molecule has 3 aromatic carbocycles. The number of aromatic amines is 1. The molecule has 0 saturated heterocycles. The van der Waals surface area contributed by atoms with E-state index in [2.05, 4.69) is 15.6 Å². The molecule has 0 fully saturated rings. The van der Waals surface area contributed by atoms with Crippen molar-refractivity contribution in [2.45, 2.75) is 63.5 Å². The van der Waals surface area contributed by atoms with E-state index in [0.29, 0.717) is 32.1 Å². The van der Waals surface area contributed by atoms with Gasteiger partial charge in [-0.15, -0.1) is 0 Å². The number of aliphatic hydroxyl groups excluding tert-OH is 1. The van der Waals surface area contributed by atoms with Crippen LogP contribution in [0.15, 0.2) is 103 Å². The van der Waals surface area contributed by atoms with Crippen molar-refractivity contribution in [3.63, 3.8) is 0 Å². The molecular formula is C39H45N3O5. The number of esters is 1. The number of benzene rings is 3. The molecule has 4 aromatic rings. The maximum atomic E-state index is 13.8. The molecule has 2 heterocycles. The summed E-state index contributed by atoms with van der Waals surface area (Å²) in [5.74, 6) is -1.75. The van der Waals surface area contributed by atoms with Crippen molar-refractivity contribution in [3.05, 3.63) is 120 Å². The smallest absolute Gasteiger partial charge is 0.309 e. The number of amides is 2. The summed E-state index contributed by atoms with van der Waals surface area (Å²) < 4.78 is 5.94. The summed E-state index contributed by atoms with van der Waals surface area (Å²) in [6, 6.07) is 26.6. The maximum absolute atomic E-state index is 13.8. The zero-order valence-electron chi connectivity index (χ0n) is 26.8. The summed E-state index contributed by atoms with van der Waals surface area (Å²) >= 11 is 0. The van der Waals surface area contributed by atoms with Crippen LogP contribution in [0.4, 0.5) is 0 Å². The van der Waals surface area contributed by atoms with Gasteiger partial charge in [0, 0.05) is 23.5 Å². The summed E-state index contributed by atoms with van der Waals surface area (Å²) in [6.45, 7) is -0.186. The molecular weight excluding hydrogens is 590 g/mol. The highest BCUT2D eigenvalue weighted by Gasteiger charge is 2.27. The minimum absolute atomic E-state index is 0.0216. The second kappa shape index (κ2) is 17.3. The Bertz CT molecular complexity index is 1620. The molecule has 8 heteroatoms. The number of rotatable bonds is 10. The van der Waals surface area contributed by atoms with Gasteiger partial charge in [0.1, 0.15) is 6.61 Å². The van der Waals surface area contributed by atoms with Gasteiger partial charge >= 0.3 is 5.97 Å². The van der Waals surface area contributed by atoms with Crippen molar-refractivity contribution in [1.29, 1.82) is 0 Å². The molecule has 47 heavy (non-hydrogen) atoms. The van der Waals surface area contributed by atoms with Gasteiger partial charge in [-0.2, -0.15) is 0 Å². The van der Waals surface area contributed by atoms with Gasteiger partial charge in [0.05, 0.1) is 30.5 Å². The number of nitrogens with one attached hydrogen (secondary N) is 3. The number of hydrogen-bond donors (Lipinski definition) is 4. The Hall–Kier alpha value is -4.69. The predicted octanol–water partition coefficient (Wildman–Crippen LogP) is 5.45. The predicted molar refractivity (Wildman–Crippen MR) is 183 cm³/mol. The Morgan fingerprint density at radius 3 is 2.38 bits per heavy atom. The van der Waals surface area contributed by atoms with E-state index in [1.807, 2.05) is 103 Å². The fourth-order valence-corrected chi connectivity index (χ4v) is 6.25. The molecule has 1 aliphatic heterocycles. The van der Waals surface area contributed by atoms with E-state index in [1.165, 1.54) is 0 Å². The molecule has 5 rings (SSSR count). The Balaban J connectivity index is 1.32. The van der Waals surface area contributed by atoms with E-state index in [4.69, 9.17) is 4.74 Å². The molecule has 0 bridgehead atoms. The summed E-state index contributed by atoms with van der Waals surface area (Å²) in [4.78, 5) is 43.8. The monoisotopic (exact) mass is 635 g/mol. The number of carbonyl (C=O) groups is 3. The van der Waals surface area contributed by atoms with Gasteiger partial charge in [-0.3, -0.25) is 14.4 Å². The molecule has 8 nitrogen and oxygen atoms in total. The van der Waals surface area contributed by atoms with Crippen LogP contribution < -0.4 is 10.6 Å². The van der Waals surface area contributed by atoms with Crippen LogP contribution in [0.2, 0.25) is 0 Å². The third kappa shape index (κ3) is 10.1. The number of hydrogen-bond acceptors (Lipinski definition) is 5. The van der Waals surface area contributed by atoms with Crippen molar-refractivity contribution in [3.8, 4) is 0 Å². The number of aliphatic hydroxyl groups is 1. The average molecular weight is 636 g/mol. The second-order valence-corrected chi connectivity index (χ2v) is 12.5. The molecule has 4 N–H and O–H groups in total. The van der Waals surface area contributed by atoms with Crippen molar-refractivity contribution < 1.29 is 24.2 Å². The van der Waals surface area contributed by atoms with Gasteiger partial charge < -0.3 is 25.5 Å². The Kier molecular flexibility index (Phi) is 12.4. The van der Waals surface area contributed by atoms with Gasteiger partial charge in [-0.1, -0.05) is 91.0 Å². The van der Waals surface area contributed by atoms with Crippen molar-refractivity contribution in [1.82, 2.24) is 15.6 Å². The largest absolute Gasteiger partial charge is 0.463 e. The Morgan fingerprint density at radius 2 is 1.62 bits per heavy atom. The van der Waals surface area contributed by atoms with Crippen molar-refractivity contribution in [2.24, 2.45) is 11.8 Å². The first kappa shape index (κ1) is 33.7. The lowest BCUT2D eigenvalue weighted by Crippen LogP contribution is -2.45. The fraction of sp³-hybridized carbons (Fsp3) is 0.359. The van der Waals surface area contributed by atoms with E-state index in [1.54, 1.807) is 0 Å². The van der Waals surface area contributed by atoms with E-state index in [-0.39, 0.29) is 43.3 Å². The number of aromatic nitrogens is 1. The zero-order valence-corrected chi connectivity index (χ0v) is 26.8. The number of cyclic esters (lactones) is 1. The highest BCUT2D eigenvalue weighted by atomic mass is 16.5. The highest BCUT2D eigenvalue weighted by Crippen LogP contribution is 2.22. The number of ether oxygens (including phenoxy) is 1. The number of fused-ring (bicyclic) bond motifs is 1. The third-order valence-corrected chi connectivity index (χ3v) is 8.80. The van der Waals surface area contributed by atoms with E-state index in [9.17, 15) is 19.5 Å². The van der Waals surface area contributed by atoms with Crippen molar-refractivity contribution >= 4 is 28.7 Å². The maximum Gasteiger partial charge on any atom is 0.309 e. The zero-order chi connectivity index (χ0) is 32.8. The van der Waals surface area contributed by atoms with Crippen LogP contribution >= 0.6 is 0 Å². The van der Waals surface area contributed by atoms with Crippen LogP contribution in [-0.4, -0.2) is 53.2 Å². The topological polar surface area (TPSA) is 121 Å². The van der Waals surface area contributed by atoms with Gasteiger partial charge in [0.25, 0.3) is 0 Å². The average Bonchev–Trinajstić information content (AvgIpc) is 3.50. The lowest BCUT2D eigenvalue weighted by molar-refractivity contribution is -0.150. The van der Waals surface area contributed by atoms with Gasteiger partial charge in [-0.05, 0) is 67.7 Å². The van der Waals surface area contributed by atoms with E-state index < -0.39 is 18.0 Å². The number of H-pyrrole nitrogens is 1. The van der Waals surface area contributed by atoms with Crippen LogP contribution in [0.5, 0.6) is 0 Å². The Labute approximate surface area is 276 Å². The molecule has 4 unspecified atom stereocenters. The quantitative estimate of drug-likeness (QED) is 0.136. The fourth-order valence-electron chi connectivity index (χ4n) is 6.25. The Morgan fingerprint density at radius 1 is 0.894 bits per heavy atom. The van der Waals surface area contributed by atoms with Gasteiger partial charge in [0.2, 0.25) is 11.8 Å². The number of para-hydroxylation sites is 1. The minimum atomic E-state index is -0.628. The highest BCUT2D eigenvalue weighted by molar-refractivity contribution is 5.87. The molecule has 1 aromatic heterocycles. The molecule has 1 aliphatic rings. The summed E-state index contributed by atoms with van der Waals surface area (Å²) in [6.07, 6.45) is 10.1. The van der Waals surface area contributed by atoms with E-state index in [0.717, 1.165) is 40.4 Å². The summed E-state index contributed by atoms with van der Waals surface area (Å²) in [7, 11) is 0. The third-order valence-electron chi connectivity index (χ3n) is 8.80. The number of carbonyl (C=O) groups excluding carboxylic acids is 3. The minimum Gasteiger partial charge on any atom is -0.463 e. The second-order valence-electron chi connectivity index (χ2n) is 12.5. The molecule has 0 spiro atoms. The van der Waals surface area contributed by atoms with Crippen LogP contribution in [0.3, 0.4) is 0 Å². The molecule has 0 aliphatic carbocycles. The molecule has 0 radical (unpaired) electrons. The number of allylic oxidation sites excluding steroid dienone is 2. The van der Waals surface area contributed by atoms with Crippen LogP contribution in [0, 0.1) is 11.8 Å². The molecule has 246 valence electrons. The normalized spacial score (nSPS) is 20.1. The molecule has 4 atom stereocenters. The van der Waals surface area contributed by atoms with Gasteiger partial charge in [0.15, 0.2) is 0 Å². The van der Waals surface area contributed by atoms with Crippen LogP contribution in [0.1, 0.15) is 48.8 Å². The lowest BCUT2D eigenvalue weighted by Gasteiger charge is -2.24. The molecule has 0 saturated carbocycles. The SMILES string of the molecule is O=C(CC1CC=CCCCC(Cc2ccccc2)C(=O)OCC(Cc2c[nH]c3ccccc23)NC1=O)NC(CO)Cc1ccccc1. The summed E-state index contributed by atoms with van der Waals surface area (Å²) in [5.41, 5.74) is 4.09. The van der Waals surface area contributed by atoms with Crippen LogP contribution in [-0.2, 0) is 38.4 Å². The van der Waals surface area contributed by atoms with E-state index >= 15 is 0 Å². The van der Waals surface area contributed by atoms with Gasteiger partial charge in [-0.25, -0.2) is 0 Å². The first-order valence-corrected chi connectivity index (χ1v) is 16.6. The lowest BCUT2D eigenvalue weighted by atomic mass is 9.93. The first-order chi connectivity index (χ1) is 23.0. The summed E-state index contributed by atoms with van der Waals surface area (Å²) in [5, 5.41) is 17.0. The standard InChI is InChI=1S/C39H45N3O5/c43-26-33(22-29-15-7-4-8-16-29)41-37(44)24-30-17-9-1-2-10-18-31(21-28-13-5-3-6-14-28)39(46)47-27-34(42-38(30)45)23-32-25-40-36-20-12-11-19-35(32)36/h1,3-9,11-16,19-20,25,30-31,33-34,40,43H,2,10,17-18,21-24,26-27H2,(H,41,44)(H,42,45). The first-order valence-electron chi connectivity index (χ1n) is 16.6. The van der Waals surface area contributed by atoms with Crippen LogP contribution in [0.25, 0.3) is 10.9 Å². The van der Waals surface area contributed by atoms with Crippen molar-refractivity contribution in [2.75, 3.05) is 13.2 Å². The molecule has 2 amide bonds.